The average Bonchev–Trinajstić information content (AvgIpc) is 3.28. The van der Waals surface area contributed by atoms with Gasteiger partial charge >= 0.3 is 0 Å². The van der Waals surface area contributed by atoms with Crippen molar-refractivity contribution in [1.29, 1.82) is 0 Å². The molecule has 0 bridgehead atoms. The molecular formula is C24H21N3O4. The maximum absolute atomic E-state index is 12.6. The summed E-state index contributed by atoms with van der Waals surface area (Å²) >= 11 is 0. The number of nitrogens with zero attached hydrogens (tertiary/aromatic N) is 1. The Kier molecular flexibility index (Phi) is 6.23. The zero-order valence-corrected chi connectivity index (χ0v) is 16.7. The van der Waals surface area contributed by atoms with E-state index in [1.807, 2.05) is 42.5 Å². The second kappa shape index (κ2) is 9.58. The molecule has 2 amide bonds. The van der Waals surface area contributed by atoms with E-state index in [0.29, 0.717) is 17.1 Å². The number of rotatable bonds is 7. The highest BCUT2D eigenvalue weighted by atomic mass is 16.7. The summed E-state index contributed by atoms with van der Waals surface area (Å²) in [5.74, 6) is 0.759. The standard InChI is InChI=1S/C24H21N3O4/c28-23(27-25-15-17-11-12-21-22(13-17)31-16-30-21)14-20(18-7-3-1-4-8-18)26-24(29)19-9-5-2-6-10-19/h1-13,15,20H,14,16H2,(H,26,29)(H,27,28)/b25-15-/t20-/m1/s1. The minimum absolute atomic E-state index is 0.0427. The summed E-state index contributed by atoms with van der Waals surface area (Å²) in [5, 5.41) is 6.95. The van der Waals surface area contributed by atoms with Gasteiger partial charge in [0.05, 0.1) is 18.7 Å². The van der Waals surface area contributed by atoms with Crippen LogP contribution in [0.3, 0.4) is 0 Å². The Morgan fingerprint density at radius 1 is 0.935 bits per heavy atom. The molecule has 4 rings (SSSR count). The van der Waals surface area contributed by atoms with Crippen molar-refractivity contribution >= 4 is 18.0 Å². The Labute approximate surface area is 179 Å². The van der Waals surface area contributed by atoms with Crippen LogP contribution < -0.4 is 20.2 Å². The summed E-state index contributed by atoms with van der Waals surface area (Å²) in [5.41, 5.74) is 4.65. The predicted octanol–water partition coefficient (Wildman–Crippen LogP) is 3.43. The molecule has 3 aromatic rings. The van der Waals surface area contributed by atoms with Gasteiger partial charge in [0, 0.05) is 5.56 Å². The van der Waals surface area contributed by atoms with Gasteiger partial charge in [-0.05, 0) is 41.5 Å². The van der Waals surface area contributed by atoms with Crippen molar-refractivity contribution in [3.05, 3.63) is 95.6 Å². The fraction of sp³-hybridized carbons (Fsp3) is 0.125. The number of benzene rings is 3. The lowest BCUT2D eigenvalue weighted by Crippen LogP contribution is -2.32. The molecule has 2 N–H and O–H groups in total. The highest BCUT2D eigenvalue weighted by molar-refractivity contribution is 5.94. The van der Waals surface area contributed by atoms with Gasteiger partial charge in [-0.25, -0.2) is 5.43 Å². The van der Waals surface area contributed by atoms with E-state index in [0.717, 1.165) is 11.1 Å². The van der Waals surface area contributed by atoms with Gasteiger partial charge < -0.3 is 14.8 Å². The van der Waals surface area contributed by atoms with E-state index in [9.17, 15) is 9.59 Å². The lowest BCUT2D eigenvalue weighted by atomic mass is 10.0. The normalized spacial score (nSPS) is 13.0. The van der Waals surface area contributed by atoms with Crippen LogP contribution in [-0.4, -0.2) is 24.8 Å². The third-order valence-electron chi connectivity index (χ3n) is 4.73. The van der Waals surface area contributed by atoms with Crippen LogP contribution in [0.5, 0.6) is 11.5 Å². The van der Waals surface area contributed by atoms with Crippen LogP contribution in [0.2, 0.25) is 0 Å². The van der Waals surface area contributed by atoms with E-state index in [1.54, 1.807) is 36.4 Å². The number of ether oxygens (including phenoxy) is 2. The van der Waals surface area contributed by atoms with Crippen molar-refractivity contribution in [2.75, 3.05) is 6.79 Å². The van der Waals surface area contributed by atoms with E-state index in [4.69, 9.17) is 9.47 Å². The van der Waals surface area contributed by atoms with Crippen molar-refractivity contribution < 1.29 is 19.1 Å². The molecule has 0 saturated heterocycles. The summed E-state index contributed by atoms with van der Waals surface area (Å²) in [4.78, 5) is 25.1. The molecule has 31 heavy (non-hydrogen) atoms. The fourth-order valence-electron chi connectivity index (χ4n) is 3.17. The van der Waals surface area contributed by atoms with Crippen LogP contribution in [0.4, 0.5) is 0 Å². The smallest absolute Gasteiger partial charge is 0.251 e. The first-order valence-electron chi connectivity index (χ1n) is 9.81. The molecule has 3 aromatic carbocycles. The van der Waals surface area contributed by atoms with Crippen LogP contribution in [0.25, 0.3) is 0 Å². The molecule has 0 spiro atoms. The molecule has 0 unspecified atom stereocenters. The second-order valence-corrected chi connectivity index (χ2v) is 6.91. The van der Waals surface area contributed by atoms with E-state index in [2.05, 4.69) is 15.8 Å². The lowest BCUT2D eigenvalue weighted by molar-refractivity contribution is -0.121. The molecule has 7 heteroatoms. The van der Waals surface area contributed by atoms with Crippen LogP contribution >= 0.6 is 0 Å². The van der Waals surface area contributed by atoms with Crippen LogP contribution in [0, 0.1) is 0 Å². The summed E-state index contributed by atoms with van der Waals surface area (Å²) in [6.07, 6.45) is 1.57. The third kappa shape index (κ3) is 5.27. The van der Waals surface area contributed by atoms with Crippen LogP contribution in [0.1, 0.15) is 33.9 Å². The Bertz CT molecular complexity index is 1080. The van der Waals surface area contributed by atoms with Gasteiger partial charge in [0.2, 0.25) is 12.7 Å². The molecule has 0 radical (unpaired) electrons. The fourth-order valence-corrected chi connectivity index (χ4v) is 3.17. The summed E-state index contributed by atoms with van der Waals surface area (Å²) < 4.78 is 10.6. The number of carbonyl (C=O) groups is 2. The van der Waals surface area contributed by atoms with Crippen molar-refractivity contribution in [1.82, 2.24) is 10.7 Å². The van der Waals surface area contributed by atoms with E-state index >= 15 is 0 Å². The first-order valence-corrected chi connectivity index (χ1v) is 9.81. The molecule has 1 heterocycles. The van der Waals surface area contributed by atoms with E-state index < -0.39 is 6.04 Å². The van der Waals surface area contributed by atoms with Gasteiger partial charge in [0.1, 0.15) is 0 Å². The van der Waals surface area contributed by atoms with Crippen molar-refractivity contribution in [2.24, 2.45) is 5.10 Å². The molecule has 1 aliphatic heterocycles. The van der Waals surface area contributed by atoms with Crippen LogP contribution in [-0.2, 0) is 4.79 Å². The molecule has 0 fully saturated rings. The minimum Gasteiger partial charge on any atom is -0.454 e. The van der Waals surface area contributed by atoms with Crippen LogP contribution in [0.15, 0.2) is 84.0 Å². The number of carbonyl (C=O) groups excluding carboxylic acids is 2. The number of hydrazone groups is 1. The van der Waals surface area contributed by atoms with Gasteiger partial charge in [-0.2, -0.15) is 5.10 Å². The zero-order valence-electron chi connectivity index (χ0n) is 16.7. The van der Waals surface area contributed by atoms with E-state index in [1.165, 1.54) is 6.21 Å². The van der Waals surface area contributed by atoms with Gasteiger partial charge in [0.25, 0.3) is 5.91 Å². The van der Waals surface area contributed by atoms with Crippen molar-refractivity contribution in [3.8, 4) is 11.5 Å². The topological polar surface area (TPSA) is 89.0 Å². The quantitative estimate of drug-likeness (QED) is 0.457. The number of nitrogens with one attached hydrogen (secondary N) is 2. The van der Waals surface area contributed by atoms with Gasteiger partial charge in [-0.3, -0.25) is 9.59 Å². The maximum Gasteiger partial charge on any atom is 0.251 e. The summed E-state index contributed by atoms with van der Waals surface area (Å²) in [7, 11) is 0. The SMILES string of the molecule is O=C(C[C@@H](NC(=O)c1ccccc1)c1ccccc1)N/N=C\c1ccc2c(c1)OCO2. The molecular weight excluding hydrogens is 394 g/mol. The Morgan fingerprint density at radius 3 is 2.42 bits per heavy atom. The number of amides is 2. The monoisotopic (exact) mass is 415 g/mol. The largest absolute Gasteiger partial charge is 0.454 e. The summed E-state index contributed by atoms with van der Waals surface area (Å²) in [6.45, 7) is 0.197. The number of hydrogen-bond acceptors (Lipinski definition) is 5. The van der Waals surface area contributed by atoms with Crippen molar-refractivity contribution in [2.45, 2.75) is 12.5 Å². The average molecular weight is 415 g/mol. The molecule has 7 nitrogen and oxygen atoms in total. The highest BCUT2D eigenvalue weighted by Gasteiger charge is 2.19. The Morgan fingerprint density at radius 2 is 1.65 bits per heavy atom. The molecule has 1 atom stereocenters. The molecule has 1 aliphatic rings. The molecule has 0 aliphatic carbocycles. The first kappa shape index (κ1) is 20.2. The zero-order chi connectivity index (χ0) is 21.5. The highest BCUT2D eigenvalue weighted by Crippen LogP contribution is 2.31. The van der Waals surface area contributed by atoms with Gasteiger partial charge in [-0.15, -0.1) is 0 Å². The molecule has 0 aromatic heterocycles. The third-order valence-corrected chi connectivity index (χ3v) is 4.73. The lowest BCUT2D eigenvalue weighted by Gasteiger charge is -2.18. The first-order chi connectivity index (χ1) is 15.2. The van der Waals surface area contributed by atoms with E-state index in [-0.39, 0.29) is 25.0 Å². The minimum atomic E-state index is -0.491. The molecule has 0 saturated carbocycles. The Balaban J connectivity index is 1.40. The molecule has 156 valence electrons. The predicted molar refractivity (Wildman–Crippen MR) is 116 cm³/mol. The van der Waals surface area contributed by atoms with Gasteiger partial charge in [0.15, 0.2) is 11.5 Å². The summed E-state index contributed by atoms with van der Waals surface area (Å²) in [6, 6.07) is 23.2. The number of hydrogen-bond donors (Lipinski definition) is 2. The number of fused-ring (bicyclic) bond motifs is 1. The van der Waals surface area contributed by atoms with Gasteiger partial charge in [-0.1, -0.05) is 48.5 Å². The second-order valence-electron chi connectivity index (χ2n) is 6.91. The Hall–Kier alpha value is -4.13. The maximum atomic E-state index is 12.6. The van der Waals surface area contributed by atoms with Crippen molar-refractivity contribution in [3.63, 3.8) is 0 Å².